The monoisotopic (exact) mass is 277 g/mol. The fourth-order valence-electron chi connectivity index (χ4n) is 3.07. The Morgan fingerprint density at radius 3 is 3.00 bits per heavy atom. The lowest BCUT2D eigenvalue weighted by atomic mass is 10.0. The zero-order valence-corrected chi connectivity index (χ0v) is 12.2. The Labute approximate surface area is 119 Å². The number of halogens is 1. The van der Waals surface area contributed by atoms with Gasteiger partial charge >= 0.3 is 0 Å². The summed E-state index contributed by atoms with van der Waals surface area (Å²) >= 11 is 6.13. The van der Waals surface area contributed by atoms with Gasteiger partial charge in [0.1, 0.15) is 5.82 Å². The number of imidazole rings is 1. The molecular formula is C15H20ClN3. The summed E-state index contributed by atoms with van der Waals surface area (Å²) in [6.45, 7) is 6.55. The van der Waals surface area contributed by atoms with Crippen molar-refractivity contribution in [2.75, 3.05) is 6.54 Å². The van der Waals surface area contributed by atoms with E-state index in [2.05, 4.69) is 23.7 Å². The van der Waals surface area contributed by atoms with Crippen LogP contribution in [0.15, 0.2) is 18.2 Å². The quantitative estimate of drug-likeness (QED) is 0.930. The molecule has 1 aliphatic rings. The lowest BCUT2D eigenvalue weighted by Crippen LogP contribution is -2.23. The Morgan fingerprint density at radius 1 is 1.47 bits per heavy atom. The van der Waals surface area contributed by atoms with Gasteiger partial charge in [-0.2, -0.15) is 0 Å². The van der Waals surface area contributed by atoms with Crippen molar-refractivity contribution in [3.63, 3.8) is 0 Å². The third-order valence-electron chi connectivity index (χ3n) is 4.04. The van der Waals surface area contributed by atoms with Gasteiger partial charge in [-0.05, 0) is 44.5 Å². The molecular weight excluding hydrogens is 258 g/mol. The van der Waals surface area contributed by atoms with Crippen LogP contribution >= 0.6 is 11.6 Å². The highest BCUT2D eigenvalue weighted by Gasteiger charge is 2.29. The first-order chi connectivity index (χ1) is 9.20. The third kappa shape index (κ3) is 2.26. The molecule has 2 heterocycles. The van der Waals surface area contributed by atoms with E-state index in [1.807, 2.05) is 18.2 Å². The van der Waals surface area contributed by atoms with Gasteiger partial charge in [0.05, 0.1) is 11.0 Å². The Balaban J connectivity index is 2.14. The van der Waals surface area contributed by atoms with Gasteiger partial charge in [-0.25, -0.2) is 4.98 Å². The summed E-state index contributed by atoms with van der Waals surface area (Å²) in [5.74, 6) is 1.73. The van der Waals surface area contributed by atoms with Crippen LogP contribution in [0.5, 0.6) is 0 Å². The van der Waals surface area contributed by atoms with Gasteiger partial charge < -0.3 is 9.88 Å². The molecule has 3 rings (SSSR count). The normalized spacial score (nSPS) is 23.3. The van der Waals surface area contributed by atoms with Crippen LogP contribution in [0, 0.1) is 0 Å². The standard InChI is InChI=1S/C15H20ClN3/c1-3-8-19-14-9-11(16)4-5-13(14)18-15(19)12-6-7-17-10(12)2/h4-5,9-10,12,17H,3,6-8H2,1-2H3. The van der Waals surface area contributed by atoms with Crippen molar-refractivity contribution < 1.29 is 0 Å². The highest BCUT2D eigenvalue weighted by atomic mass is 35.5. The Morgan fingerprint density at radius 2 is 2.32 bits per heavy atom. The second kappa shape index (κ2) is 5.14. The second-order valence-corrected chi connectivity index (χ2v) is 5.83. The molecule has 1 aromatic carbocycles. The smallest absolute Gasteiger partial charge is 0.114 e. The topological polar surface area (TPSA) is 29.9 Å². The molecule has 1 fully saturated rings. The van der Waals surface area contributed by atoms with Gasteiger partial charge in [-0.3, -0.25) is 0 Å². The summed E-state index contributed by atoms with van der Waals surface area (Å²) in [6.07, 6.45) is 2.28. The first kappa shape index (κ1) is 12.9. The van der Waals surface area contributed by atoms with Crippen LogP contribution in [0.1, 0.15) is 38.4 Å². The predicted molar refractivity (Wildman–Crippen MR) is 79.9 cm³/mol. The minimum Gasteiger partial charge on any atom is -0.328 e. The van der Waals surface area contributed by atoms with Crippen LogP contribution in [0.3, 0.4) is 0 Å². The highest BCUT2D eigenvalue weighted by Crippen LogP contribution is 2.31. The lowest BCUT2D eigenvalue weighted by Gasteiger charge is -2.16. The maximum absolute atomic E-state index is 6.13. The number of benzene rings is 1. The molecule has 0 saturated carbocycles. The van der Waals surface area contributed by atoms with E-state index in [9.17, 15) is 0 Å². The van der Waals surface area contributed by atoms with Gasteiger partial charge in [0.15, 0.2) is 0 Å². The second-order valence-electron chi connectivity index (χ2n) is 5.39. The van der Waals surface area contributed by atoms with E-state index in [1.165, 1.54) is 17.8 Å². The molecule has 2 aromatic rings. The first-order valence-corrected chi connectivity index (χ1v) is 7.47. The average Bonchev–Trinajstić information content (AvgIpc) is 2.94. The van der Waals surface area contributed by atoms with Crippen molar-refractivity contribution in [1.82, 2.24) is 14.9 Å². The molecule has 1 N–H and O–H groups in total. The minimum absolute atomic E-state index is 0.503. The third-order valence-corrected chi connectivity index (χ3v) is 4.28. The molecule has 0 bridgehead atoms. The highest BCUT2D eigenvalue weighted by molar-refractivity contribution is 6.31. The van der Waals surface area contributed by atoms with Crippen molar-refractivity contribution in [3.8, 4) is 0 Å². The largest absolute Gasteiger partial charge is 0.328 e. The van der Waals surface area contributed by atoms with E-state index in [1.54, 1.807) is 0 Å². The maximum Gasteiger partial charge on any atom is 0.114 e. The first-order valence-electron chi connectivity index (χ1n) is 7.09. The number of fused-ring (bicyclic) bond motifs is 1. The number of aryl methyl sites for hydroxylation is 1. The summed E-state index contributed by atoms with van der Waals surface area (Å²) in [6, 6.07) is 6.49. The number of rotatable bonds is 3. The molecule has 1 aromatic heterocycles. The van der Waals surface area contributed by atoms with Crippen LogP contribution in [-0.2, 0) is 6.54 Å². The number of hydrogen-bond donors (Lipinski definition) is 1. The Bertz CT molecular complexity index is 590. The maximum atomic E-state index is 6.13. The Kier molecular flexibility index (Phi) is 3.50. The number of nitrogens with zero attached hydrogens (tertiary/aromatic N) is 2. The molecule has 1 aliphatic heterocycles. The van der Waals surface area contributed by atoms with Crippen molar-refractivity contribution in [2.24, 2.45) is 0 Å². The average molecular weight is 278 g/mol. The van der Waals surface area contributed by atoms with E-state index in [-0.39, 0.29) is 0 Å². The van der Waals surface area contributed by atoms with Crippen LogP contribution in [0.2, 0.25) is 5.02 Å². The molecule has 4 heteroatoms. The van der Waals surface area contributed by atoms with E-state index in [4.69, 9.17) is 16.6 Å². The molecule has 2 unspecified atom stereocenters. The van der Waals surface area contributed by atoms with Crippen molar-refractivity contribution in [2.45, 2.75) is 45.2 Å². The molecule has 0 radical (unpaired) electrons. The van der Waals surface area contributed by atoms with Gasteiger partial charge in [0.25, 0.3) is 0 Å². The molecule has 0 aliphatic carbocycles. The van der Waals surface area contributed by atoms with Gasteiger partial charge in [0.2, 0.25) is 0 Å². The minimum atomic E-state index is 0.503. The van der Waals surface area contributed by atoms with Gasteiger partial charge in [0, 0.05) is 23.5 Å². The molecule has 2 atom stereocenters. The molecule has 0 spiro atoms. The summed E-state index contributed by atoms with van der Waals surface area (Å²) in [5, 5.41) is 4.30. The molecule has 0 amide bonds. The number of aromatic nitrogens is 2. The molecule has 19 heavy (non-hydrogen) atoms. The van der Waals surface area contributed by atoms with Crippen LogP contribution in [0.25, 0.3) is 11.0 Å². The molecule has 1 saturated heterocycles. The Hall–Kier alpha value is -1.06. The van der Waals surface area contributed by atoms with Crippen LogP contribution in [0.4, 0.5) is 0 Å². The van der Waals surface area contributed by atoms with Crippen molar-refractivity contribution in [1.29, 1.82) is 0 Å². The van der Waals surface area contributed by atoms with Crippen molar-refractivity contribution >= 4 is 22.6 Å². The van der Waals surface area contributed by atoms with Gasteiger partial charge in [-0.1, -0.05) is 18.5 Å². The van der Waals surface area contributed by atoms with E-state index < -0.39 is 0 Å². The van der Waals surface area contributed by atoms with Crippen molar-refractivity contribution in [3.05, 3.63) is 29.0 Å². The summed E-state index contributed by atoms with van der Waals surface area (Å²) < 4.78 is 2.36. The number of nitrogens with one attached hydrogen (secondary N) is 1. The fraction of sp³-hybridized carbons (Fsp3) is 0.533. The van der Waals surface area contributed by atoms with E-state index in [0.717, 1.165) is 30.0 Å². The SMILES string of the molecule is CCCn1c(C2CCNC2C)nc2ccc(Cl)cc21. The fourth-order valence-corrected chi connectivity index (χ4v) is 3.23. The van der Waals surface area contributed by atoms with E-state index >= 15 is 0 Å². The zero-order chi connectivity index (χ0) is 13.4. The van der Waals surface area contributed by atoms with E-state index in [0.29, 0.717) is 12.0 Å². The molecule has 102 valence electrons. The van der Waals surface area contributed by atoms with Gasteiger partial charge in [-0.15, -0.1) is 0 Å². The summed E-state index contributed by atoms with van der Waals surface area (Å²) in [7, 11) is 0. The lowest BCUT2D eigenvalue weighted by molar-refractivity contribution is 0.532. The van der Waals surface area contributed by atoms with Crippen LogP contribution < -0.4 is 5.32 Å². The summed E-state index contributed by atoms with van der Waals surface area (Å²) in [4.78, 5) is 4.87. The zero-order valence-electron chi connectivity index (χ0n) is 11.5. The predicted octanol–water partition coefficient (Wildman–Crippen LogP) is 3.57. The molecule has 3 nitrogen and oxygen atoms in total. The number of hydrogen-bond acceptors (Lipinski definition) is 2. The van der Waals surface area contributed by atoms with Crippen LogP contribution in [-0.4, -0.2) is 22.1 Å². The summed E-state index contributed by atoms with van der Waals surface area (Å²) in [5.41, 5.74) is 2.23.